The van der Waals surface area contributed by atoms with Gasteiger partial charge in [0.05, 0.1) is 15.7 Å². The van der Waals surface area contributed by atoms with Crippen molar-refractivity contribution in [3.8, 4) is 0 Å². The van der Waals surface area contributed by atoms with E-state index in [-0.39, 0.29) is 26.3 Å². The fraction of sp³-hybridized carbons (Fsp3) is 0. The third kappa shape index (κ3) is 5.60. The molecule has 0 atom stereocenters. The maximum Gasteiger partial charge on any atom is 0.263 e. The molecule has 0 aromatic heterocycles. The Morgan fingerprint density at radius 3 is 2.43 bits per heavy atom. The van der Waals surface area contributed by atoms with E-state index in [0.717, 1.165) is 0 Å². The largest absolute Gasteiger partial charge is 0.322 e. The molecule has 0 saturated heterocycles. The quantitative estimate of drug-likeness (QED) is 0.467. The molecule has 2 N–H and O–H groups in total. The third-order valence-electron chi connectivity index (χ3n) is 3.88. The Labute approximate surface area is 183 Å². The first-order valence-corrected chi connectivity index (χ1v) is 10.8. The first kappa shape index (κ1) is 21.8. The highest BCUT2D eigenvalue weighted by Crippen LogP contribution is 2.29. The monoisotopic (exact) mass is 464 g/mol. The molecule has 0 unspecified atom stereocenters. The zero-order valence-electron chi connectivity index (χ0n) is 15.3. The van der Waals surface area contributed by atoms with E-state index < -0.39 is 21.7 Å². The summed E-state index contributed by atoms with van der Waals surface area (Å²) >= 11 is 12.1. The van der Waals surface area contributed by atoms with Crippen LogP contribution in [0.5, 0.6) is 0 Å². The molecule has 0 heterocycles. The summed E-state index contributed by atoms with van der Waals surface area (Å²) in [6.45, 7) is 0. The number of nitrogens with one attached hydrogen (secondary N) is 2. The zero-order valence-corrected chi connectivity index (χ0v) is 17.6. The van der Waals surface area contributed by atoms with Crippen LogP contribution in [0.1, 0.15) is 5.56 Å². The molecule has 3 aromatic rings. The molecule has 0 bridgehead atoms. The van der Waals surface area contributed by atoms with Gasteiger partial charge >= 0.3 is 0 Å². The van der Waals surface area contributed by atoms with E-state index in [1.165, 1.54) is 54.6 Å². The van der Waals surface area contributed by atoms with Crippen molar-refractivity contribution in [3.05, 3.63) is 94.2 Å². The van der Waals surface area contributed by atoms with Crippen LogP contribution in [-0.4, -0.2) is 14.3 Å². The van der Waals surface area contributed by atoms with Crippen LogP contribution in [0.15, 0.2) is 77.7 Å². The van der Waals surface area contributed by atoms with Crippen molar-refractivity contribution >= 4 is 56.6 Å². The van der Waals surface area contributed by atoms with E-state index in [4.69, 9.17) is 23.2 Å². The van der Waals surface area contributed by atoms with Crippen molar-refractivity contribution in [3.63, 3.8) is 0 Å². The van der Waals surface area contributed by atoms with Gasteiger partial charge in [0.15, 0.2) is 0 Å². The van der Waals surface area contributed by atoms with Gasteiger partial charge in [0, 0.05) is 11.8 Å². The van der Waals surface area contributed by atoms with E-state index in [1.54, 1.807) is 24.3 Å². The fourth-order valence-electron chi connectivity index (χ4n) is 2.50. The van der Waals surface area contributed by atoms with Gasteiger partial charge in [-0.05, 0) is 54.1 Å². The molecule has 0 aliphatic heterocycles. The number of carbonyl (C=O) groups is 1. The van der Waals surface area contributed by atoms with Gasteiger partial charge in [0.2, 0.25) is 5.91 Å². The average Bonchev–Trinajstić information content (AvgIpc) is 2.69. The van der Waals surface area contributed by atoms with Crippen LogP contribution in [0, 0.1) is 5.82 Å². The van der Waals surface area contributed by atoms with Crippen LogP contribution in [0.2, 0.25) is 10.0 Å². The number of rotatable bonds is 6. The Morgan fingerprint density at radius 1 is 0.933 bits per heavy atom. The Bertz CT molecular complexity index is 1230. The first-order chi connectivity index (χ1) is 14.2. The summed E-state index contributed by atoms with van der Waals surface area (Å²) in [6, 6.07) is 16.1. The normalized spacial score (nSPS) is 11.4. The third-order valence-corrected chi connectivity index (χ3v) is 6.06. The van der Waals surface area contributed by atoms with E-state index in [2.05, 4.69) is 10.0 Å². The van der Waals surface area contributed by atoms with Gasteiger partial charge in [0.25, 0.3) is 10.0 Å². The maximum absolute atomic E-state index is 13.2. The minimum atomic E-state index is -4.06. The molecule has 0 saturated carbocycles. The number of halogens is 3. The summed E-state index contributed by atoms with van der Waals surface area (Å²) in [6.07, 6.45) is 2.64. The van der Waals surface area contributed by atoms with Crippen molar-refractivity contribution in [2.75, 3.05) is 10.0 Å². The minimum Gasteiger partial charge on any atom is -0.322 e. The molecule has 154 valence electrons. The number of carbonyl (C=O) groups excluding carboxylic acids is 1. The smallest absolute Gasteiger partial charge is 0.263 e. The number of hydrogen-bond donors (Lipinski definition) is 2. The van der Waals surface area contributed by atoms with Crippen molar-refractivity contribution in [1.82, 2.24) is 0 Å². The average molecular weight is 465 g/mol. The molecular weight excluding hydrogens is 450 g/mol. The molecular formula is C21H15Cl2FN2O3S. The highest BCUT2D eigenvalue weighted by Gasteiger charge is 2.20. The second kappa shape index (κ2) is 9.30. The Hall–Kier alpha value is -2.87. The van der Waals surface area contributed by atoms with E-state index in [0.29, 0.717) is 5.56 Å². The molecule has 30 heavy (non-hydrogen) atoms. The minimum absolute atomic E-state index is 0.0251. The van der Waals surface area contributed by atoms with Crippen molar-refractivity contribution < 1.29 is 17.6 Å². The molecule has 0 aliphatic rings. The molecule has 0 spiro atoms. The van der Waals surface area contributed by atoms with Gasteiger partial charge in [-0.1, -0.05) is 47.5 Å². The van der Waals surface area contributed by atoms with E-state index >= 15 is 0 Å². The number of anilines is 2. The van der Waals surface area contributed by atoms with Crippen LogP contribution < -0.4 is 10.0 Å². The number of sulfonamides is 1. The Kier molecular flexibility index (Phi) is 6.77. The molecule has 5 nitrogen and oxygen atoms in total. The second-order valence-electron chi connectivity index (χ2n) is 6.11. The summed E-state index contributed by atoms with van der Waals surface area (Å²) in [5, 5.41) is 2.75. The molecule has 1 amide bonds. The second-order valence-corrected chi connectivity index (χ2v) is 8.57. The molecule has 0 radical (unpaired) electrons. The Balaban J connectivity index is 1.79. The summed E-state index contributed by atoms with van der Waals surface area (Å²) in [5.41, 5.74) is 0.920. The molecule has 9 heteroatoms. The summed E-state index contributed by atoms with van der Waals surface area (Å²) in [5.74, 6) is -0.944. The molecule has 3 aromatic carbocycles. The fourth-order valence-corrected chi connectivity index (χ4v) is 4.34. The number of amides is 1. The number of benzene rings is 3. The molecule has 0 aliphatic carbocycles. The maximum atomic E-state index is 13.2. The van der Waals surface area contributed by atoms with Crippen LogP contribution in [0.4, 0.5) is 15.8 Å². The molecule has 3 rings (SSSR count). The Morgan fingerprint density at radius 2 is 1.70 bits per heavy atom. The van der Waals surface area contributed by atoms with Crippen molar-refractivity contribution in [1.29, 1.82) is 0 Å². The SMILES string of the molecule is O=C(C=Cc1cccc(F)c1)Nc1ccc(Cl)c(S(=O)(=O)Nc2ccccc2Cl)c1. The number of hydrogen-bond acceptors (Lipinski definition) is 3. The zero-order chi connectivity index (χ0) is 21.7. The summed E-state index contributed by atoms with van der Waals surface area (Å²) in [7, 11) is -4.06. The lowest BCUT2D eigenvalue weighted by atomic mass is 10.2. The lowest BCUT2D eigenvalue weighted by Gasteiger charge is -2.12. The molecule has 0 fully saturated rings. The van der Waals surface area contributed by atoms with Crippen LogP contribution in [0.3, 0.4) is 0 Å². The van der Waals surface area contributed by atoms with Crippen molar-refractivity contribution in [2.24, 2.45) is 0 Å². The van der Waals surface area contributed by atoms with Gasteiger partial charge < -0.3 is 5.32 Å². The highest BCUT2D eigenvalue weighted by molar-refractivity contribution is 7.92. The lowest BCUT2D eigenvalue weighted by molar-refractivity contribution is -0.111. The lowest BCUT2D eigenvalue weighted by Crippen LogP contribution is -2.15. The van der Waals surface area contributed by atoms with Gasteiger partial charge in [0.1, 0.15) is 10.7 Å². The van der Waals surface area contributed by atoms with Gasteiger partial charge in [-0.3, -0.25) is 9.52 Å². The number of para-hydroxylation sites is 1. The summed E-state index contributed by atoms with van der Waals surface area (Å²) < 4.78 is 41.0. The van der Waals surface area contributed by atoms with Gasteiger partial charge in [-0.25, -0.2) is 12.8 Å². The van der Waals surface area contributed by atoms with Crippen LogP contribution in [0.25, 0.3) is 6.08 Å². The van der Waals surface area contributed by atoms with Crippen LogP contribution in [-0.2, 0) is 14.8 Å². The summed E-state index contributed by atoms with van der Waals surface area (Å²) in [4.78, 5) is 11.9. The van der Waals surface area contributed by atoms with E-state index in [9.17, 15) is 17.6 Å². The predicted octanol–water partition coefficient (Wildman–Crippen LogP) is 5.59. The van der Waals surface area contributed by atoms with Crippen molar-refractivity contribution in [2.45, 2.75) is 4.90 Å². The van der Waals surface area contributed by atoms with Crippen LogP contribution >= 0.6 is 23.2 Å². The topological polar surface area (TPSA) is 75.3 Å². The predicted molar refractivity (Wildman–Crippen MR) is 118 cm³/mol. The standard InChI is InChI=1S/C21H15Cl2FN2O3S/c22-17-6-1-2-7-19(17)26-30(28,29)20-13-16(9-10-18(20)23)25-21(27)11-8-14-4-3-5-15(24)12-14/h1-13,26H,(H,25,27). The van der Waals surface area contributed by atoms with E-state index in [1.807, 2.05) is 0 Å². The first-order valence-electron chi connectivity index (χ1n) is 8.56. The highest BCUT2D eigenvalue weighted by atomic mass is 35.5. The van der Waals surface area contributed by atoms with Gasteiger partial charge in [-0.2, -0.15) is 0 Å². The van der Waals surface area contributed by atoms with Gasteiger partial charge in [-0.15, -0.1) is 0 Å².